The lowest BCUT2D eigenvalue weighted by Gasteiger charge is -2.19. The van der Waals surface area contributed by atoms with Gasteiger partial charge in [-0.1, -0.05) is 23.7 Å². The molecule has 0 saturated heterocycles. The van der Waals surface area contributed by atoms with E-state index in [0.717, 1.165) is 11.4 Å². The molecule has 5 heteroatoms. The molecule has 90 valence electrons. The van der Waals surface area contributed by atoms with Crippen molar-refractivity contribution in [2.24, 2.45) is 0 Å². The first-order valence-corrected chi connectivity index (χ1v) is 5.77. The Morgan fingerprint density at radius 2 is 2.00 bits per heavy atom. The Labute approximate surface area is 110 Å². The molecule has 0 radical (unpaired) electrons. The molecule has 1 heterocycles. The molecule has 0 saturated carbocycles. The van der Waals surface area contributed by atoms with E-state index in [4.69, 9.17) is 16.9 Å². The SMILES string of the molecule is CN(Cc1ccc(Cl)nn1)c1ccccc1C#N. The summed E-state index contributed by atoms with van der Waals surface area (Å²) in [5.41, 5.74) is 2.31. The van der Waals surface area contributed by atoms with Gasteiger partial charge in [0.2, 0.25) is 0 Å². The Bertz CT molecular complexity index is 574. The quantitative estimate of drug-likeness (QED) is 0.849. The number of nitrogens with zero attached hydrogens (tertiary/aromatic N) is 4. The molecule has 0 N–H and O–H groups in total. The van der Waals surface area contributed by atoms with Gasteiger partial charge in [0.15, 0.2) is 5.15 Å². The summed E-state index contributed by atoms with van der Waals surface area (Å²) < 4.78 is 0. The van der Waals surface area contributed by atoms with E-state index in [2.05, 4.69) is 16.3 Å². The third-order valence-electron chi connectivity index (χ3n) is 2.52. The minimum absolute atomic E-state index is 0.374. The van der Waals surface area contributed by atoms with Gasteiger partial charge in [0.1, 0.15) is 6.07 Å². The average Bonchev–Trinajstić information content (AvgIpc) is 2.41. The van der Waals surface area contributed by atoms with E-state index in [0.29, 0.717) is 17.3 Å². The first kappa shape index (κ1) is 12.3. The summed E-state index contributed by atoms with van der Waals surface area (Å²) in [6.07, 6.45) is 0. The van der Waals surface area contributed by atoms with Crippen LogP contribution < -0.4 is 4.90 Å². The van der Waals surface area contributed by atoms with Crippen molar-refractivity contribution in [1.29, 1.82) is 5.26 Å². The monoisotopic (exact) mass is 258 g/mol. The Morgan fingerprint density at radius 3 is 2.67 bits per heavy atom. The molecule has 0 aliphatic heterocycles. The highest BCUT2D eigenvalue weighted by atomic mass is 35.5. The summed E-state index contributed by atoms with van der Waals surface area (Å²) in [4.78, 5) is 1.95. The standard InChI is InChI=1S/C13H11ClN4/c1-18(9-11-6-7-13(14)17-16-11)12-5-3-2-4-10(12)8-15/h2-7H,9H2,1H3. The zero-order chi connectivity index (χ0) is 13.0. The van der Waals surface area contributed by atoms with E-state index >= 15 is 0 Å². The van der Waals surface area contributed by atoms with Gasteiger partial charge in [-0.05, 0) is 24.3 Å². The fraction of sp³-hybridized carbons (Fsp3) is 0.154. The highest BCUT2D eigenvalue weighted by Crippen LogP contribution is 2.19. The third kappa shape index (κ3) is 2.76. The smallest absolute Gasteiger partial charge is 0.151 e. The summed E-state index contributed by atoms with van der Waals surface area (Å²) in [5.74, 6) is 0. The Hall–Kier alpha value is -2.12. The van der Waals surface area contributed by atoms with Gasteiger partial charge in [-0.3, -0.25) is 0 Å². The number of hydrogen-bond acceptors (Lipinski definition) is 4. The highest BCUT2D eigenvalue weighted by Gasteiger charge is 2.07. The number of hydrogen-bond donors (Lipinski definition) is 0. The van der Waals surface area contributed by atoms with E-state index < -0.39 is 0 Å². The topological polar surface area (TPSA) is 52.8 Å². The normalized spacial score (nSPS) is 9.83. The van der Waals surface area contributed by atoms with Gasteiger partial charge >= 0.3 is 0 Å². The fourth-order valence-corrected chi connectivity index (χ4v) is 1.76. The molecule has 0 atom stereocenters. The van der Waals surface area contributed by atoms with Gasteiger partial charge in [0, 0.05) is 7.05 Å². The average molecular weight is 259 g/mol. The molecule has 0 aliphatic carbocycles. The van der Waals surface area contributed by atoms with Crippen LogP contribution in [-0.2, 0) is 6.54 Å². The molecular formula is C13H11ClN4. The summed E-state index contributed by atoms with van der Waals surface area (Å²) in [6, 6.07) is 13.1. The second-order valence-electron chi connectivity index (χ2n) is 3.83. The van der Waals surface area contributed by atoms with Crippen LogP contribution >= 0.6 is 11.6 Å². The minimum Gasteiger partial charge on any atom is -0.368 e. The summed E-state index contributed by atoms with van der Waals surface area (Å²) in [6.45, 7) is 0.572. The van der Waals surface area contributed by atoms with Crippen LogP contribution in [0.4, 0.5) is 5.69 Å². The molecule has 1 aromatic carbocycles. The van der Waals surface area contributed by atoms with Crippen molar-refractivity contribution in [2.75, 3.05) is 11.9 Å². The number of halogens is 1. The molecule has 0 unspecified atom stereocenters. The van der Waals surface area contributed by atoms with Gasteiger partial charge in [0.05, 0.1) is 23.5 Å². The lowest BCUT2D eigenvalue weighted by atomic mass is 10.2. The highest BCUT2D eigenvalue weighted by molar-refractivity contribution is 6.29. The van der Waals surface area contributed by atoms with Crippen molar-refractivity contribution in [2.45, 2.75) is 6.54 Å². The largest absolute Gasteiger partial charge is 0.368 e. The Balaban J connectivity index is 2.19. The molecular weight excluding hydrogens is 248 g/mol. The summed E-state index contributed by atoms with van der Waals surface area (Å²) in [5, 5.41) is 17.2. The van der Waals surface area contributed by atoms with Crippen molar-refractivity contribution < 1.29 is 0 Å². The van der Waals surface area contributed by atoms with Crippen LogP contribution in [0.1, 0.15) is 11.3 Å². The lowest BCUT2D eigenvalue weighted by Crippen LogP contribution is -2.18. The van der Waals surface area contributed by atoms with Crippen LogP contribution in [-0.4, -0.2) is 17.2 Å². The van der Waals surface area contributed by atoms with Crippen molar-refractivity contribution >= 4 is 17.3 Å². The molecule has 4 nitrogen and oxygen atoms in total. The first-order chi connectivity index (χ1) is 8.70. The summed E-state index contributed by atoms with van der Waals surface area (Å²) >= 11 is 5.68. The lowest BCUT2D eigenvalue weighted by molar-refractivity contribution is 0.840. The molecule has 0 amide bonds. The molecule has 2 rings (SSSR count). The van der Waals surface area contributed by atoms with Gasteiger partial charge in [-0.15, -0.1) is 5.10 Å². The zero-order valence-corrected chi connectivity index (χ0v) is 10.6. The van der Waals surface area contributed by atoms with E-state index in [1.807, 2.05) is 36.2 Å². The fourth-order valence-electron chi connectivity index (χ4n) is 1.66. The second kappa shape index (κ2) is 5.48. The van der Waals surface area contributed by atoms with Crippen molar-refractivity contribution in [3.63, 3.8) is 0 Å². The van der Waals surface area contributed by atoms with Gasteiger partial charge in [-0.2, -0.15) is 10.4 Å². The molecule has 0 spiro atoms. The third-order valence-corrected chi connectivity index (χ3v) is 2.72. The maximum absolute atomic E-state index is 9.05. The molecule has 1 aromatic heterocycles. The molecule has 0 bridgehead atoms. The number of rotatable bonds is 3. The predicted molar refractivity (Wildman–Crippen MR) is 70.3 cm³/mol. The molecule has 0 fully saturated rings. The number of aromatic nitrogens is 2. The van der Waals surface area contributed by atoms with Crippen molar-refractivity contribution in [3.05, 3.63) is 52.8 Å². The van der Waals surface area contributed by atoms with Gasteiger partial charge in [0.25, 0.3) is 0 Å². The second-order valence-corrected chi connectivity index (χ2v) is 4.22. The Kier molecular flexibility index (Phi) is 3.75. The van der Waals surface area contributed by atoms with E-state index in [1.54, 1.807) is 12.1 Å². The predicted octanol–water partition coefficient (Wildman–Crippen LogP) is 2.64. The molecule has 2 aromatic rings. The first-order valence-electron chi connectivity index (χ1n) is 5.39. The maximum Gasteiger partial charge on any atom is 0.151 e. The van der Waals surface area contributed by atoms with Crippen LogP contribution in [0.25, 0.3) is 0 Å². The van der Waals surface area contributed by atoms with E-state index in [-0.39, 0.29) is 0 Å². The van der Waals surface area contributed by atoms with Crippen molar-refractivity contribution in [1.82, 2.24) is 10.2 Å². The zero-order valence-electron chi connectivity index (χ0n) is 9.84. The van der Waals surface area contributed by atoms with Crippen LogP contribution in [0, 0.1) is 11.3 Å². The molecule has 0 aliphatic rings. The van der Waals surface area contributed by atoms with Crippen LogP contribution in [0.2, 0.25) is 5.15 Å². The van der Waals surface area contributed by atoms with E-state index in [9.17, 15) is 0 Å². The van der Waals surface area contributed by atoms with Crippen LogP contribution in [0.15, 0.2) is 36.4 Å². The molecule has 18 heavy (non-hydrogen) atoms. The Morgan fingerprint density at radius 1 is 1.22 bits per heavy atom. The number of para-hydroxylation sites is 1. The number of anilines is 1. The minimum atomic E-state index is 0.374. The van der Waals surface area contributed by atoms with Gasteiger partial charge in [-0.25, -0.2) is 0 Å². The van der Waals surface area contributed by atoms with Crippen LogP contribution in [0.3, 0.4) is 0 Å². The number of nitriles is 1. The van der Waals surface area contributed by atoms with E-state index in [1.165, 1.54) is 0 Å². The van der Waals surface area contributed by atoms with Gasteiger partial charge < -0.3 is 4.90 Å². The summed E-state index contributed by atoms with van der Waals surface area (Å²) in [7, 11) is 1.91. The number of benzene rings is 1. The van der Waals surface area contributed by atoms with Crippen LogP contribution in [0.5, 0.6) is 0 Å². The van der Waals surface area contributed by atoms with Crippen molar-refractivity contribution in [3.8, 4) is 6.07 Å². The maximum atomic E-state index is 9.05.